The molecule has 0 spiro atoms. The van der Waals surface area contributed by atoms with Gasteiger partial charge >= 0.3 is 0 Å². The highest BCUT2D eigenvalue weighted by Crippen LogP contribution is 2.42. The maximum Gasteiger partial charge on any atom is 0.0473 e. The molecule has 0 saturated heterocycles. The molecule has 0 heterocycles. The molecule has 274 valence electrons. The molecule has 2 aliphatic rings. The summed E-state index contributed by atoms with van der Waals surface area (Å²) in [5.74, 6) is 0. The monoisotopic (exact) mass is 740 g/mol. The van der Waals surface area contributed by atoms with Gasteiger partial charge in [-0.1, -0.05) is 146 Å². The van der Waals surface area contributed by atoms with Crippen LogP contribution in [-0.4, -0.2) is 0 Å². The van der Waals surface area contributed by atoms with Crippen LogP contribution >= 0.6 is 0 Å². The van der Waals surface area contributed by atoms with Gasteiger partial charge in [-0.25, -0.2) is 0 Å². The molecule has 0 aromatic heterocycles. The lowest BCUT2D eigenvalue weighted by atomic mass is 9.92. The van der Waals surface area contributed by atoms with Gasteiger partial charge in [0.05, 0.1) is 0 Å². The standard InChI is InChI=1S/C56H40N2/c1-3-19-49(20-4-1)57(53-35-45-15-7-11-43-12-8-16-46(36-53)55(43)45)51-31-27-41(28-32-51)39-23-25-40(26-24-39)42-29-33-52(34-30-42)58(50-21-5-2-6-22-50)54-37-47-17-9-13-44-14-10-18-48(38-54)56(44)47/h1-11,13,15-38H,12,14H2. The van der Waals surface area contributed by atoms with E-state index in [0.717, 1.165) is 47.0 Å². The summed E-state index contributed by atoms with van der Waals surface area (Å²) in [5.41, 5.74) is 17.0. The molecule has 0 fully saturated rings. The zero-order chi connectivity index (χ0) is 38.4. The van der Waals surface area contributed by atoms with Gasteiger partial charge < -0.3 is 9.80 Å². The number of benzene rings is 9. The second-order valence-corrected chi connectivity index (χ2v) is 15.3. The Morgan fingerprint density at radius 3 is 1.05 bits per heavy atom. The third-order valence-corrected chi connectivity index (χ3v) is 11.8. The first-order valence-corrected chi connectivity index (χ1v) is 20.2. The van der Waals surface area contributed by atoms with E-state index >= 15 is 0 Å². The first-order chi connectivity index (χ1) is 28.7. The van der Waals surface area contributed by atoms with Crippen molar-refractivity contribution in [2.75, 3.05) is 9.80 Å². The Labute approximate surface area is 339 Å². The SMILES string of the molecule is C1=Cc2cc(N(c3ccccc3)c3ccc(-c4ccc(-c5ccc(N(c6ccccc6)c6cc7c8c(cccc8c6)CC=C7)cc5)cc4)cc3)cc3cccc(c23)C1. The molecule has 0 unspecified atom stereocenters. The zero-order valence-corrected chi connectivity index (χ0v) is 32.1. The van der Waals surface area contributed by atoms with Crippen molar-refractivity contribution in [2.24, 2.45) is 0 Å². The van der Waals surface area contributed by atoms with Gasteiger partial charge in [-0.2, -0.15) is 0 Å². The van der Waals surface area contributed by atoms with E-state index in [2.05, 4.69) is 228 Å². The molecule has 0 amide bonds. The van der Waals surface area contributed by atoms with Crippen LogP contribution in [0.1, 0.15) is 22.3 Å². The van der Waals surface area contributed by atoms with E-state index in [1.165, 1.54) is 66.1 Å². The molecule has 58 heavy (non-hydrogen) atoms. The fourth-order valence-electron chi connectivity index (χ4n) is 9.05. The summed E-state index contributed by atoms with van der Waals surface area (Å²) in [4.78, 5) is 4.73. The molecule has 2 aliphatic carbocycles. The second-order valence-electron chi connectivity index (χ2n) is 15.3. The lowest BCUT2D eigenvalue weighted by Gasteiger charge is -2.27. The van der Waals surface area contributed by atoms with E-state index in [1.54, 1.807) is 0 Å². The molecule has 9 aromatic rings. The number of allylic oxidation sites excluding steroid dienone is 2. The van der Waals surface area contributed by atoms with E-state index in [-0.39, 0.29) is 0 Å². The van der Waals surface area contributed by atoms with Gasteiger partial charge in [-0.05, 0) is 152 Å². The second kappa shape index (κ2) is 14.3. The van der Waals surface area contributed by atoms with Gasteiger partial charge in [0.1, 0.15) is 0 Å². The summed E-state index contributed by atoms with van der Waals surface area (Å²) < 4.78 is 0. The van der Waals surface area contributed by atoms with Crippen molar-refractivity contribution < 1.29 is 0 Å². The average molecular weight is 741 g/mol. The fraction of sp³-hybridized carbons (Fsp3) is 0.0357. The predicted octanol–water partition coefficient (Wildman–Crippen LogP) is 15.4. The van der Waals surface area contributed by atoms with Crippen LogP contribution in [0.3, 0.4) is 0 Å². The zero-order valence-electron chi connectivity index (χ0n) is 32.1. The van der Waals surface area contributed by atoms with Crippen molar-refractivity contribution >= 4 is 67.8 Å². The molecule has 0 radical (unpaired) electrons. The maximum atomic E-state index is 2.36. The van der Waals surface area contributed by atoms with Crippen molar-refractivity contribution in [3.05, 3.63) is 229 Å². The molecular weight excluding hydrogens is 701 g/mol. The predicted molar refractivity (Wildman–Crippen MR) is 247 cm³/mol. The van der Waals surface area contributed by atoms with Gasteiger partial charge in [0.2, 0.25) is 0 Å². The normalized spacial score (nSPS) is 12.6. The smallest absolute Gasteiger partial charge is 0.0473 e. The van der Waals surface area contributed by atoms with Crippen LogP contribution in [0.5, 0.6) is 0 Å². The Kier molecular flexibility index (Phi) is 8.33. The minimum absolute atomic E-state index is 0.987. The van der Waals surface area contributed by atoms with E-state index in [1.807, 2.05) is 0 Å². The van der Waals surface area contributed by atoms with Crippen LogP contribution in [0.4, 0.5) is 34.1 Å². The summed E-state index contributed by atoms with van der Waals surface area (Å²) in [6.07, 6.45) is 11.1. The molecule has 0 atom stereocenters. The number of hydrogen-bond acceptors (Lipinski definition) is 2. The van der Waals surface area contributed by atoms with E-state index < -0.39 is 0 Å². The van der Waals surface area contributed by atoms with Crippen LogP contribution in [-0.2, 0) is 12.8 Å². The topological polar surface area (TPSA) is 6.48 Å². The number of hydrogen-bond donors (Lipinski definition) is 0. The molecule has 11 rings (SSSR count). The van der Waals surface area contributed by atoms with Crippen LogP contribution < -0.4 is 9.80 Å². The number of anilines is 6. The Balaban J connectivity index is 0.883. The third kappa shape index (κ3) is 6.07. The summed E-state index contributed by atoms with van der Waals surface area (Å²) in [6.45, 7) is 0. The Hall–Kier alpha value is -7.42. The van der Waals surface area contributed by atoms with Gasteiger partial charge in [0.15, 0.2) is 0 Å². The minimum Gasteiger partial charge on any atom is -0.310 e. The highest BCUT2D eigenvalue weighted by atomic mass is 15.1. The highest BCUT2D eigenvalue weighted by Gasteiger charge is 2.19. The number of nitrogens with zero attached hydrogens (tertiary/aromatic N) is 2. The molecule has 0 saturated carbocycles. The first kappa shape index (κ1) is 33.9. The number of rotatable bonds is 8. The van der Waals surface area contributed by atoms with E-state index in [0.29, 0.717) is 0 Å². The van der Waals surface area contributed by atoms with Crippen molar-refractivity contribution in [1.82, 2.24) is 0 Å². The largest absolute Gasteiger partial charge is 0.310 e. The Morgan fingerprint density at radius 1 is 0.293 bits per heavy atom. The molecular formula is C56H40N2. The van der Waals surface area contributed by atoms with Crippen molar-refractivity contribution in [2.45, 2.75) is 12.8 Å². The van der Waals surface area contributed by atoms with Crippen LogP contribution in [0.15, 0.2) is 206 Å². The van der Waals surface area contributed by atoms with Crippen LogP contribution in [0.25, 0.3) is 56.0 Å². The first-order valence-electron chi connectivity index (χ1n) is 20.2. The van der Waals surface area contributed by atoms with Gasteiger partial charge in [0.25, 0.3) is 0 Å². The maximum absolute atomic E-state index is 2.36. The van der Waals surface area contributed by atoms with Gasteiger partial charge in [0, 0.05) is 34.1 Å². The van der Waals surface area contributed by atoms with Crippen LogP contribution in [0.2, 0.25) is 0 Å². The summed E-state index contributed by atoms with van der Waals surface area (Å²) in [5, 5.41) is 5.29. The average Bonchev–Trinajstić information content (AvgIpc) is 3.28. The molecule has 2 nitrogen and oxygen atoms in total. The highest BCUT2D eigenvalue weighted by molar-refractivity contribution is 6.00. The van der Waals surface area contributed by atoms with E-state index in [4.69, 9.17) is 0 Å². The third-order valence-electron chi connectivity index (χ3n) is 11.8. The summed E-state index contributed by atoms with van der Waals surface area (Å²) >= 11 is 0. The summed E-state index contributed by atoms with van der Waals surface area (Å²) in [6, 6.07) is 70.9. The summed E-state index contributed by atoms with van der Waals surface area (Å²) in [7, 11) is 0. The molecule has 0 N–H and O–H groups in total. The lowest BCUT2D eigenvalue weighted by Crippen LogP contribution is -2.10. The van der Waals surface area contributed by atoms with E-state index in [9.17, 15) is 0 Å². The molecule has 0 aliphatic heterocycles. The van der Waals surface area contributed by atoms with Gasteiger partial charge in [-0.3, -0.25) is 0 Å². The fourth-order valence-corrected chi connectivity index (χ4v) is 9.05. The minimum atomic E-state index is 0.987. The van der Waals surface area contributed by atoms with Crippen LogP contribution in [0, 0.1) is 0 Å². The van der Waals surface area contributed by atoms with Crippen molar-refractivity contribution in [3.63, 3.8) is 0 Å². The van der Waals surface area contributed by atoms with Crippen molar-refractivity contribution in [3.8, 4) is 22.3 Å². The Morgan fingerprint density at radius 2 is 0.655 bits per heavy atom. The molecule has 9 aromatic carbocycles. The number of para-hydroxylation sites is 2. The van der Waals surface area contributed by atoms with Gasteiger partial charge in [-0.15, -0.1) is 0 Å². The quantitative estimate of drug-likeness (QED) is 0.153. The molecule has 2 heteroatoms. The Bertz CT molecular complexity index is 2810. The lowest BCUT2D eigenvalue weighted by molar-refractivity contribution is 1.27. The van der Waals surface area contributed by atoms with Crippen molar-refractivity contribution in [1.29, 1.82) is 0 Å². The molecule has 0 bridgehead atoms.